The molecule has 0 fully saturated rings. The molecule has 6 heteroatoms. The van der Waals surface area contributed by atoms with E-state index in [9.17, 15) is 4.79 Å². The Morgan fingerprint density at radius 1 is 1.42 bits per heavy atom. The van der Waals surface area contributed by atoms with Crippen LogP contribution in [0.15, 0.2) is 36.8 Å². The minimum Gasteiger partial charge on any atom is -0.384 e. The molecule has 2 rings (SSSR count). The van der Waals surface area contributed by atoms with Crippen LogP contribution in [0.25, 0.3) is 0 Å². The number of nitrogens with two attached hydrogens (primary N) is 1. The Morgan fingerprint density at radius 2 is 2.26 bits per heavy atom. The lowest BCUT2D eigenvalue weighted by Gasteiger charge is -2.12. The zero-order valence-corrected chi connectivity index (χ0v) is 10.6. The van der Waals surface area contributed by atoms with Crippen molar-refractivity contribution in [2.75, 3.05) is 5.73 Å². The molecule has 0 saturated carbocycles. The molecule has 0 aliphatic heterocycles. The summed E-state index contributed by atoms with van der Waals surface area (Å²) in [6, 6.07) is 4.90. The van der Waals surface area contributed by atoms with Crippen molar-refractivity contribution in [3.63, 3.8) is 0 Å². The van der Waals surface area contributed by atoms with Crippen molar-refractivity contribution in [3.05, 3.63) is 48.2 Å². The van der Waals surface area contributed by atoms with Crippen LogP contribution in [0.2, 0.25) is 0 Å². The number of anilines is 1. The zero-order chi connectivity index (χ0) is 13.7. The maximum Gasteiger partial charge on any atom is 0.270 e. The third-order valence-corrected chi connectivity index (χ3v) is 2.51. The lowest BCUT2D eigenvalue weighted by molar-refractivity contribution is 0.0935. The first-order chi connectivity index (χ1) is 9.15. The number of nitrogens with zero attached hydrogens (tertiary/aromatic N) is 3. The molecule has 19 heavy (non-hydrogen) atoms. The fourth-order valence-corrected chi connectivity index (χ4v) is 1.68. The summed E-state index contributed by atoms with van der Waals surface area (Å²) in [5.74, 6) is 0.0814. The van der Waals surface area contributed by atoms with Crippen LogP contribution in [0, 0.1) is 0 Å². The predicted molar refractivity (Wildman–Crippen MR) is 71.3 cm³/mol. The van der Waals surface area contributed by atoms with Crippen LogP contribution in [0.3, 0.4) is 0 Å². The molecule has 0 aromatic carbocycles. The van der Waals surface area contributed by atoms with E-state index in [-0.39, 0.29) is 11.9 Å². The Labute approximate surface area is 111 Å². The SMILES string of the molecule is C[C@@H](Cc1cnccn1)NC(=O)c1cccc(N)n1. The lowest BCUT2D eigenvalue weighted by atomic mass is 10.2. The van der Waals surface area contributed by atoms with Gasteiger partial charge in [-0.3, -0.25) is 14.8 Å². The summed E-state index contributed by atoms with van der Waals surface area (Å²) < 4.78 is 0. The largest absolute Gasteiger partial charge is 0.384 e. The van der Waals surface area contributed by atoms with Crippen LogP contribution in [-0.4, -0.2) is 26.9 Å². The van der Waals surface area contributed by atoms with E-state index < -0.39 is 0 Å². The molecule has 0 saturated heterocycles. The first-order valence-electron chi connectivity index (χ1n) is 5.93. The zero-order valence-electron chi connectivity index (χ0n) is 10.6. The van der Waals surface area contributed by atoms with Gasteiger partial charge in [-0.2, -0.15) is 0 Å². The molecule has 3 N–H and O–H groups in total. The second-order valence-corrected chi connectivity index (χ2v) is 4.22. The number of rotatable bonds is 4. The van der Waals surface area contributed by atoms with Crippen molar-refractivity contribution >= 4 is 11.7 Å². The molecule has 0 spiro atoms. The van der Waals surface area contributed by atoms with Gasteiger partial charge < -0.3 is 11.1 Å². The second-order valence-electron chi connectivity index (χ2n) is 4.22. The fourth-order valence-electron chi connectivity index (χ4n) is 1.68. The highest BCUT2D eigenvalue weighted by Crippen LogP contribution is 2.02. The third-order valence-electron chi connectivity index (χ3n) is 2.51. The summed E-state index contributed by atoms with van der Waals surface area (Å²) in [5.41, 5.74) is 6.68. The molecule has 2 heterocycles. The van der Waals surface area contributed by atoms with Crippen molar-refractivity contribution in [1.82, 2.24) is 20.3 Å². The van der Waals surface area contributed by atoms with Gasteiger partial charge >= 0.3 is 0 Å². The molecular formula is C13H15N5O. The summed E-state index contributed by atoms with van der Waals surface area (Å²) in [5, 5.41) is 2.85. The monoisotopic (exact) mass is 257 g/mol. The molecule has 0 radical (unpaired) electrons. The summed E-state index contributed by atoms with van der Waals surface area (Å²) in [6.45, 7) is 1.90. The van der Waals surface area contributed by atoms with Gasteiger partial charge in [0.05, 0.1) is 5.69 Å². The van der Waals surface area contributed by atoms with Crippen LogP contribution in [0.1, 0.15) is 23.1 Å². The van der Waals surface area contributed by atoms with E-state index in [1.54, 1.807) is 36.8 Å². The molecule has 1 amide bonds. The van der Waals surface area contributed by atoms with Gasteiger partial charge in [-0.05, 0) is 19.1 Å². The predicted octanol–water partition coefficient (Wildman–Crippen LogP) is 0.815. The standard InChI is InChI=1S/C13H15N5O/c1-9(7-10-8-15-5-6-16-10)17-13(19)11-3-2-4-12(14)18-11/h2-6,8-9H,7H2,1H3,(H2,14,18)(H,17,19)/t9-/m0/s1. The van der Waals surface area contributed by atoms with Crippen molar-refractivity contribution in [1.29, 1.82) is 0 Å². The van der Waals surface area contributed by atoms with Crippen LogP contribution >= 0.6 is 0 Å². The van der Waals surface area contributed by atoms with Crippen LogP contribution in [0.5, 0.6) is 0 Å². The first-order valence-corrected chi connectivity index (χ1v) is 5.93. The van der Waals surface area contributed by atoms with Gasteiger partial charge in [0.1, 0.15) is 11.5 Å². The maximum atomic E-state index is 11.9. The van der Waals surface area contributed by atoms with Gasteiger partial charge in [0.25, 0.3) is 5.91 Å². The van der Waals surface area contributed by atoms with E-state index in [1.165, 1.54) is 0 Å². The van der Waals surface area contributed by atoms with Crippen molar-refractivity contribution in [2.24, 2.45) is 0 Å². The number of nitrogen functional groups attached to an aromatic ring is 1. The number of aromatic nitrogens is 3. The first kappa shape index (κ1) is 12.9. The molecular weight excluding hydrogens is 242 g/mol. The molecule has 2 aromatic rings. The van der Waals surface area contributed by atoms with Crippen molar-refractivity contribution in [3.8, 4) is 0 Å². The topological polar surface area (TPSA) is 93.8 Å². The molecule has 0 bridgehead atoms. The maximum absolute atomic E-state index is 11.9. The van der Waals surface area contributed by atoms with E-state index in [0.717, 1.165) is 5.69 Å². The molecule has 0 aliphatic rings. The Morgan fingerprint density at radius 3 is 2.95 bits per heavy atom. The molecule has 0 aliphatic carbocycles. The Balaban J connectivity index is 1.95. The molecule has 1 atom stereocenters. The summed E-state index contributed by atoms with van der Waals surface area (Å²) in [7, 11) is 0. The number of carbonyl (C=O) groups is 1. The summed E-state index contributed by atoms with van der Waals surface area (Å²) >= 11 is 0. The van der Waals surface area contributed by atoms with E-state index in [2.05, 4.69) is 20.3 Å². The minimum absolute atomic E-state index is 0.0626. The molecule has 98 valence electrons. The Kier molecular flexibility index (Phi) is 4.02. The van der Waals surface area contributed by atoms with Crippen molar-refractivity contribution in [2.45, 2.75) is 19.4 Å². The smallest absolute Gasteiger partial charge is 0.270 e. The number of hydrogen-bond donors (Lipinski definition) is 2. The van der Waals surface area contributed by atoms with E-state index >= 15 is 0 Å². The lowest BCUT2D eigenvalue weighted by Crippen LogP contribution is -2.34. The number of nitrogens with one attached hydrogen (secondary N) is 1. The van der Waals surface area contributed by atoms with Crippen molar-refractivity contribution < 1.29 is 4.79 Å². The average molecular weight is 257 g/mol. The number of pyridine rings is 1. The van der Waals surface area contributed by atoms with Crippen LogP contribution in [-0.2, 0) is 6.42 Å². The third kappa shape index (κ3) is 3.74. The quantitative estimate of drug-likeness (QED) is 0.845. The normalized spacial score (nSPS) is 11.8. The summed E-state index contributed by atoms with van der Waals surface area (Å²) in [6.07, 6.45) is 5.54. The van der Waals surface area contributed by atoms with Crippen LogP contribution < -0.4 is 11.1 Å². The number of carbonyl (C=O) groups excluding carboxylic acids is 1. The van der Waals surface area contributed by atoms with Gasteiger partial charge in [-0.1, -0.05) is 6.07 Å². The number of amides is 1. The minimum atomic E-state index is -0.247. The van der Waals surface area contributed by atoms with Gasteiger partial charge in [0.15, 0.2) is 0 Å². The Hall–Kier alpha value is -2.50. The van der Waals surface area contributed by atoms with E-state index in [0.29, 0.717) is 17.9 Å². The van der Waals surface area contributed by atoms with Gasteiger partial charge in [0.2, 0.25) is 0 Å². The molecule has 2 aromatic heterocycles. The molecule has 0 unspecified atom stereocenters. The van der Waals surface area contributed by atoms with E-state index in [4.69, 9.17) is 5.73 Å². The average Bonchev–Trinajstić information content (AvgIpc) is 2.39. The Bertz CT molecular complexity index is 558. The fraction of sp³-hybridized carbons (Fsp3) is 0.231. The molecule has 6 nitrogen and oxygen atoms in total. The highest BCUT2D eigenvalue weighted by molar-refractivity contribution is 5.92. The highest BCUT2D eigenvalue weighted by Gasteiger charge is 2.12. The highest BCUT2D eigenvalue weighted by atomic mass is 16.1. The second kappa shape index (κ2) is 5.90. The van der Waals surface area contributed by atoms with E-state index in [1.807, 2.05) is 6.92 Å². The van der Waals surface area contributed by atoms with Gasteiger partial charge in [0, 0.05) is 31.1 Å². The number of hydrogen-bond acceptors (Lipinski definition) is 5. The summed E-state index contributed by atoms with van der Waals surface area (Å²) in [4.78, 5) is 24.0. The van der Waals surface area contributed by atoms with Crippen LogP contribution in [0.4, 0.5) is 5.82 Å². The van der Waals surface area contributed by atoms with Gasteiger partial charge in [-0.25, -0.2) is 4.98 Å². The van der Waals surface area contributed by atoms with Gasteiger partial charge in [-0.15, -0.1) is 0 Å².